The lowest BCUT2D eigenvalue weighted by Crippen LogP contribution is -2.44. The van der Waals surface area contributed by atoms with Gasteiger partial charge in [0.1, 0.15) is 0 Å². The Morgan fingerprint density at radius 1 is 1.15 bits per heavy atom. The molecular weight excluding hydrogens is 330 g/mol. The SMILES string of the molecule is O=C(CN1CCCCC1CCO)Nc1ccc(CN2CCOCC2)cc1. The number of likely N-dealkylation sites (tertiary alicyclic amines) is 1. The Morgan fingerprint density at radius 2 is 1.92 bits per heavy atom. The van der Waals surface area contributed by atoms with Crippen molar-refractivity contribution in [3.8, 4) is 0 Å². The molecule has 1 unspecified atom stereocenters. The zero-order chi connectivity index (χ0) is 18.2. The van der Waals surface area contributed by atoms with Crippen LogP contribution < -0.4 is 5.32 Å². The lowest BCUT2D eigenvalue weighted by molar-refractivity contribution is -0.118. The minimum Gasteiger partial charge on any atom is -0.396 e. The van der Waals surface area contributed by atoms with Gasteiger partial charge in [-0.15, -0.1) is 0 Å². The summed E-state index contributed by atoms with van der Waals surface area (Å²) in [5, 5.41) is 12.2. The Bertz CT molecular complexity index is 556. The van der Waals surface area contributed by atoms with E-state index < -0.39 is 0 Å². The molecule has 144 valence electrons. The quantitative estimate of drug-likeness (QED) is 0.774. The summed E-state index contributed by atoms with van der Waals surface area (Å²) in [5.74, 6) is 0.0239. The predicted molar refractivity (Wildman–Crippen MR) is 102 cm³/mol. The highest BCUT2D eigenvalue weighted by Gasteiger charge is 2.23. The summed E-state index contributed by atoms with van der Waals surface area (Å²) in [4.78, 5) is 17.0. The van der Waals surface area contributed by atoms with Crippen molar-refractivity contribution in [3.05, 3.63) is 29.8 Å². The van der Waals surface area contributed by atoms with Crippen molar-refractivity contribution in [1.82, 2.24) is 9.80 Å². The summed E-state index contributed by atoms with van der Waals surface area (Å²) in [7, 11) is 0. The maximum atomic E-state index is 12.4. The monoisotopic (exact) mass is 361 g/mol. The molecule has 26 heavy (non-hydrogen) atoms. The van der Waals surface area contributed by atoms with Gasteiger partial charge in [-0.1, -0.05) is 18.6 Å². The Kier molecular flexibility index (Phi) is 7.43. The number of carbonyl (C=O) groups excluding carboxylic acids is 1. The van der Waals surface area contributed by atoms with Crippen LogP contribution in [0.1, 0.15) is 31.2 Å². The van der Waals surface area contributed by atoms with E-state index in [0.717, 1.165) is 64.3 Å². The third kappa shape index (κ3) is 5.77. The van der Waals surface area contributed by atoms with Crippen LogP contribution in [0.2, 0.25) is 0 Å². The summed E-state index contributed by atoms with van der Waals surface area (Å²) >= 11 is 0. The Hall–Kier alpha value is -1.47. The largest absolute Gasteiger partial charge is 0.396 e. The fourth-order valence-electron chi connectivity index (χ4n) is 3.84. The third-order valence-electron chi connectivity index (χ3n) is 5.31. The van der Waals surface area contributed by atoms with Crippen molar-refractivity contribution in [1.29, 1.82) is 0 Å². The molecule has 2 fully saturated rings. The van der Waals surface area contributed by atoms with Crippen molar-refractivity contribution < 1.29 is 14.6 Å². The molecule has 1 aromatic carbocycles. The highest BCUT2D eigenvalue weighted by Crippen LogP contribution is 2.19. The van der Waals surface area contributed by atoms with E-state index in [9.17, 15) is 9.90 Å². The second-order valence-corrected chi connectivity index (χ2v) is 7.27. The molecular formula is C20H31N3O3. The number of aliphatic hydroxyl groups is 1. The maximum absolute atomic E-state index is 12.4. The number of hydrogen-bond donors (Lipinski definition) is 2. The molecule has 1 atom stereocenters. The van der Waals surface area contributed by atoms with E-state index in [1.165, 1.54) is 12.0 Å². The van der Waals surface area contributed by atoms with Crippen molar-refractivity contribution in [2.24, 2.45) is 0 Å². The number of nitrogens with one attached hydrogen (secondary N) is 1. The van der Waals surface area contributed by atoms with Crippen molar-refractivity contribution in [3.63, 3.8) is 0 Å². The average molecular weight is 361 g/mol. The molecule has 2 aliphatic rings. The van der Waals surface area contributed by atoms with E-state index in [0.29, 0.717) is 12.6 Å². The third-order valence-corrected chi connectivity index (χ3v) is 5.31. The standard InChI is InChI=1S/C20H31N3O3/c24-12-8-19-3-1-2-9-23(19)16-20(25)21-18-6-4-17(5-7-18)15-22-10-13-26-14-11-22/h4-7,19,24H,1-3,8-16H2,(H,21,25). The Morgan fingerprint density at radius 3 is 2.65 bits per heavy atom. The van der Waals surface area contributed by atoms with E-state index in [2.05, 4.69) is 27.2 Å². The molecule has 0 spiro atoms. The molecule has 0 saturated carbocycles. The summed E-state index contributed by atoms with van der Waals surface area (Å²) in [5.41, 5.74) is 2.10. The highest BCUT2D eigenvalue weighted by molar-refractivity contribution is 5.92. The second kappa shape index (κ2) is 10.0. The molecule has 0 aliphatic carbocycles. The number of morpholine rings is 1. The van der Waals surface area contributed by atoms with Crippen molar-refractivity contribution in [2.75, 3.05) is 51.3 Å². The molecule has 3 rings (SSSR count). The zero-order valence-corrected chi connectivity index (χ0v) is 15.5. The summed E-state index contributed by atoms with van der Waals surface area (Å²) < 4.78 is 5.38. The van der Waals surface area contributed by atoms with E-state index in [-0.39, 0.29) is 12.5 Å². The molecule has 1 amide bonds. The lowest BCUT2D eigenvalue weighted by atomic mass is 9.99. The fraction of sp³-hybridized carbons (Fsp3) is 0.650. The Balaban J connectivity index is 1.47. The van der Waals surface area contributed by atoms with Crippen LogP contribution in [0.4, 0.5) is 5.69 Å². The molecule has 2 heterocycles. The normalized spacial score (nSPS) is 22.3. The molecule has 0 radical (unpaired) electrons. The van der Waals surface area contributed by atoms with Crippen LogP contribution in [0.15, 0.2) is 24.3 Å². The van der Waals surface area contributed by atoms with Gasteiger partial charge in [0, 0.05) is 38.0 Å². The van der Waals surface area contributed by atoms with Crippen LogP contribution in [0.5, 0.6) is 0 Å². The second-order valence-electron chi connectivity index (χ2n) is 7.27. The van der Waals surface area contributed by atoms with Gasteiger partial charge in [-0.3, -0.25) is 14.6 Å². The van der Waals surface area contributed by atoms with E-state index in [1.54, 1.807) is 0 Å². The van der Waals surface area contributed by atoms with E-state index in [1.807, 2.05) is 12.1 Å². The predicted octanol–water partition coefficient (Wildman–Crippen LogP) is 1.69. The number of rotatable bonds is 7. The number of piperidine rings is 1. The molecule has 2 N–H and O–H groups in total. The molecule has 0 bridgehead atoms. The van der Waals surface area contributed by atoms with Crippen LogP contribution in [0.25, 0.3) is 0 Å². The van der Waals surface area contributed by atoms with Gasteiger partial charge in [0.15, 0.2) is 0 Å². The topological polar surface area (TPSA) is 65.0 Å². The average Bonchev–Trinajstić information content (AvgIpc) is 2.66. The fourth-order valence-corrected chi connectivity index (χ4v) is 3.84. The van der Waals surface area contributed by atoms with Gasteiger partial charge in [-0.25, -0.2) is 0 Å². The lowest BCUT2D eigenvalue weighted by Gasteiger charge is -2.34. The number of anilines is 1. The van der Waals surface area contributed by atoms with Crippen LogP contribution >= 0.6 is 0 Å². The van der Waals surface area contributed by atoms with E-state index in [4.69, 9.17) is 4.74 Å². The minimum atomic E-state index is 0.0239. The number of aliphatic hydroxyl groups excluding tert-OH is 1. The van der Waals surface area contributed by atoms with Crippen LogP contribution in [0, 0.1) is 0 Å². The van der Waals surface area contributed by atoms with Crippen molar-refractivity contribution >= 4 is 11.6 Å². The van der Waals surface area contributed by atoms with Gasteiger partial charge in [0.2, 0.25) is 5.91 Å². The van der Waals surface area contributed by atoms with Crippen LogP contribution in [-0.2, 0) is 16.1 Å². The molecule has 1 aromatic rings. The summed E-state index contributed by atoms with van der Waals surface area (Å²) in [6, 6.07) is 8.46. The number of nitrogens with zero attached hydrogens (tertiary/aromatic N) is 2. The molecule has 6 heteroatoms. The number of hydrogen-bond acceptors (Lipinski definition) is 5. The maximum Gasteiger partial charge on any atom is 0.238 e. The zero-order valence-electron chi connectivity index (χ0n) is 15.5. The van der Waals surface area contributed by atoms with Gasteiger partial charge in [0.05, 0.1) is 19.8 Å². The van der Waals surface area contributed by atoms with Gasteiger partial charge in [-0.05, 0) is 43.5 Å². The molecule has 6 nitrogen and oxygen atoms in total. The van der Waals surface area contributed by atoms with Crippen LogP contribution in [0.3, 0.4) is 0 Å². The summed E-state index contributed by atoms with van der Waals surface area (Å²) in [6.07, 6.45) is 4.15. The smallest absolute Gasteiger partial charge is 0.238 e. The minimum absolute atomic E-state index is 0.0239. The number of benzene rings is 1. The Labute approximate surface area is 156 Å². The number of amides is 1. The van der Waals surface area contributed by atoms with Gasteiger partial charge in [-0.2, -0.15) is 0 Å². The van der Waals surface area contributed by atoms with Crippen molar-refractivity contribution in [2.45, 2.75) is 38.3 Å². The van der Waals surface area contributed by atoms with Gasteiger partial charge in [0.25, 0.3) is 0 Å². The van der Waals surface area contributed by atoms with Crippen LogP contribution in [-0.4, -0.2) is 72.9 Å². The first kappa shape index (κ1) is 19.3. The molecule has 0 aromatic heterocycles. The molecule has 2 saturated heterocycles. The van der Waals surface area contributed by atoms with Gasteiger partial charge >= 0.3 is 0 Å². The highest BCUT2D eigenvalue weighted by atomic mass is 16.5. The first-order chi connectivity index (χ1) is 12.7. The molecule has 2 aliphatic heterocycles. The number of carbonyl (C=O) groups is 1. The summed E-state index contributed by atoms with van der Waals surface area (Å²) in [6.45, 7) is 6.02. The van der Waals surface area contributed by atoms with Gasteiger partial charge < -0.3 is 15.2 Å². The number of ether oxygens (including phenoxy) is 1. The first-order valence-corrected chi connectivity index (χ1v) is 9.78. The first-order valence-electron chi connectivity index (χ1n) is 9.78. The van der Waals surface area contributed by atoms with E-state index >= 15 is 0 Å².